The molecule has 0 N–H and O–H groups in total. The molecule has 1 heterocycles. The van der Waals surface area contributed by atoms with Crippen LogP contribution >= 0.6 is 0 Å². The zero-order valence-electron chi connectivity index (χ0n) is 9.01. The van der Waals surface area contributed by atoms with Crippen molar-refractivity contribution in [3.05, 3.63) is 72.1 Å². The van der Waals surface area contributed by atoms with Gasteiger partial charge in [-0.25, -0.2) is 0 Å². The third-order valence-electron chi connectivity index (χ3n) is 2.32. The number of hydrogen-bond donors (Lipinski definition) is 0. The van der Waals surface area contributed by atoms with Gasteiger partial charge in [-0.3, -0.25) is 4.98 Å². The van der Waals surface area contributed by atoms with Crippen molar-refractivity contribution in [3.63, 3.8) is 0 Å². The highest BCUT2D eigenvalue weighted by Gasteiger charge is 1.94. The zero-order valence-corrected chi connectivity index (χ0v) is 9.01. The van der Waals surface area contributed by atoms with Crippen LogP contribution in [0.1, 0.15) is 16.8 Å². The Morgan fingerprint density at radius 3 is 2.50 bits per heavy atom. The maximum atomic E-state index is 4.31. The molecular formula is C15H13N. The maximum Gasteiger partial charge on any atom is 0.0701 e. The molecular weight excluding hydrogens is 194 g/mol. The smallest absolute Gasteiger partial charge is 0.0701 e. The van der Waals surface area contributed by atoms with E-state index in [0.29, 0.717) is 0 Å². The van der Waals surface area contributed by atoms with Gasteiger partial charge in [0.2, 0.25) is 0 Å². The molecule has 1 heteroatoms. The summed E-state index contributed by atoms with van der Waals surface area (Å²) in [6, 6.07) is 14.1. The third kappa shape index (κ3) is 2.45. The van der Waals surface area contributed by atoms with Crippen LogP contribution in [0.2, 0.25) is 0 Å². The fourth-order valence-electron chi connectivity index (χ4n) is 1.48. The zero-order chi connectivity index (χ0) is 11.2. The van der Waals surface area contributed by atoms with Crippen molar-refractivity contribution in [3.8, 4) is 0 Å². The minimum absolute atomic E-state index is 0.946. The minimum atomic E-state index is 0.946. The summed E-state index contributed by atoms with van der Waals surface area (Å²) in [6.45, 7) is 3.77. The van der Waals surface area contributed by atoms with E-state index >= 15 is 0 Å². The average Bonchev–Trinajstić information content (AvgIpc) is 2.38. The summed E-state index contributed by atoms with van der Waals surface area (Å²) in [5.74, 6) is 0. The van der Waals surface area contributed by atoms with Crippen LogP contribution < -0.4 is 0 Å². The Morgan fingerprint density at radius 2 is 1.75 bits per heavy atom. The van der Waals surface area contributed by atoms with Crippen molar-refractivity contribution in [2.75, 3.05) is 0 Å². The summed E-state index contributed by atoms with van der Waals surface area (Å²) in [7, 11) is 0. The van der Waals surface area contributed by atoms with Crippen LogP contribution in [0.4, 0.5) is 0 Å². The molecule has 0 saturated heterocycles. The van der Waals surface area contributed by atoms with Crippen LogP contribution in [0.25, 0.3) is 18.2 Å². The number of hydrogen-bond acceptors (Lipinski definition) is 1. The molecule has 0 aliphatic rings. The van der Waals surface area contributed by atoms with E-state index in [1.54, 1.807) is 6.20 Å². The number of rotatable bonds is 3. The van der Waals surface area contributed by atoms with E-state index in [1.165, 1.54) is 5.56 Å². The number of nitrogens with zero attached hydrogens (tertiary/aromatic N) is 1. The largest absolute Gasteiger partial charge is 0.256 e. The Morgan fingerprint density at radius 1 is 0.938 bits per heavy atom. The fourth-order valence-corrected chi connectivity index (χ4v) is 1.48. The molecule has 0 aliphatic heterocycles. The number of pyridine rings is 1. The van der Waals surface area contributed by atoms with E-state index in [9.17, 15) is 0 Å². The molecule has 0 saturated carbocycles. The van der Waals surface area contributed by atoms with E-state index in [4.69, 9.17) is 0 Å². The molecule has 16 heavy (non-hydrogen) atoms. The lowest BCUT2D eigenvalue weighted by Crippen LogP contribution is -1.84. The fraction of sp³-hybridized carbons (Fsp3) is 0. The topological polar surface area (TPSA) is 12.9 Å². The van der Waals surface area contributed by atoms with Crippen LogP contribution in [0, 0.1) is 0 Å². The average molecular weight is 207 g/mol. The molecule has 0 radical (unpaired) electrons. The van der Waals surface area contributed by atoms with Gasteiger partial charge in [0.25, 0.3) is 0 Å². The summed E-state index contributed by atoms with van der Waals surface area (Å²) in [4.78, 5) is 4.31. The van der Waals surface area contributed by atoms with Crippen LogP contribution in [-0.2, 0) is 0 Å². The van der Waals surface area contributed by atoms with Gasteiger partial charge in [-0.15, -0.1) is 0 Å². The van der Waals surface area contributed by atoms with E-state index < -0.39 is 0 Å². The normalized spacial score (nSPS) is 10.5. The SMILES string of the molecule is C=Cc1cccnc1C=Cc1ccccc1. The molecule has 2 aromatic rings. The molecule has 0 aliphatic carbocycles. The first-order chi connectivity index (χ1) is 7.90. The predicted octanol–water partition coefficient (Wildman–Crippen LogP) is 3.90. The van der Waals surface area contributed by atoms with Crippen molar-refractivity contribution in [1.82, 2.24) is 4.98 Å². The van der Waals surface area contributed by atoms with Gasteiger partial charge in [-0.2, -0.15) is 0 Å². The first-order valence-electron chi connectivity index (χ1n) is 5.21. The lowest BCUT2D eigenvalue weighted by atomic mass is 10.1. The second-order valence-corrected chi connectivity index (χ2v) is 3.43. The Labute approximate surface area is 95.8 Å². The second-order valence-electron chi connectivity index (χ2n) is 3.43. The molecule has 0 unspecified atom stereocenters. The van der Waals surface area contributed by atoms with Gasteiger partial charge in [0.1, 0.15) is 0 Å². The number of benzene rings is 1. The summed E-state index contributed by atoms with van der Waals surface area (Å²) in [5.41, 5.74) is 3.17. The van der Waals surface area contributed by atoms with Crippen molar-refractivity contribution in [1.29, 1.82) is 0 Å². The quantitative estimate of drug-likeness (QED) is 0.744. The van der Waals surface area contributed by atoms with Gasteiger partial charge in [0.05, 0.1) is 5.69 Å². The standard InChI is InChI=1S/C15H13N/c1-2-14-9-6-12-16-15(14)11-10-13-7-4-3-5-8-13/h2-12H,1H2. The molecule has 0 bridgehead atoms. The summed E-state index contributed by atoms with van der Waals surface area (Å²) >= 11 is 0. The van der Waals surface area contributed by atoms with E-state index in [1.807, 2.05) is 42.5 Å². The number of aromatic nitrogens is 1. The van der Waals surface area contributed by atoms with Crippen molar-refractivity contribution in [2.24, 2.45) is 0 Å². The molecule has 0 fully saturated rings. The van der Waals surface area contributed by atoms with Gasteiger partial charge in [-0.1, -0.05) is 55.1 Å². The van der Waals surface area contributed by atoms with Gasteiger partial charge in [-0.05, 0) is 23.3 Å². The van der Waals surface area contributed by atoms with Gasteiger partial charge >= 0.3 is 0 Å². The Balaban J connectivity index is 2.27. The van der Waals surface area contributed by atoms with Crippen LogP contribution in [0.5, 0.6) is 0 Å². The maximum absolute atomic E-state index is 4.31. The molecule has 1 nitrogen and oxygen atoms in total. The molecule has 2 rings (SSSR count). The molecule has 1 aromatic heterocycles. The van der Waals surface area contributed by atoms with Crippen LogP contribution in [-0.4, -0.2) is 4.98 Å². The van der Waals surface area contributed by atoms with E-state index in [2.05, 4.69) is 29.8 Å². The van der Waals surface area contributed by atoms with Crippen molar-refractivity contribution >= 4 is 18.2 Å². The van der Waals surface area contributed by atoms with Gasteiger partial charge in [0.15, 0.2) is 0 Å². The molecule has 0 amide bonds. The Kier molecular flexibility index (Phi) is 3.29. The lowest BCUT2D eigenvalue weighted by Gasteiger charge is -1.98. The van der Waals surface area contributed by atoms with Crippen LogP contribution in [0.15, 0.2) is 55.2 Å². The van der Waals surface area contributed by atoms with E-state index in [0.717, 1.165) is 11.3 Å². The second kappa shape index (κ2) is 5.08. The molecule has 78 valence electrons. The van der Waals surface area contributed by atoms with Crippen molar-refractivity contribution < 1.29 is 0 Å². The third-order valence-corrected chi connectivity index (χ3v) is 2.32. The highest BCUT2D eigenvalue weighted by molar-refractivity contribution is 5.72. The highest BCUT2D eigenvalue weighted by Crippen LogP contribution is 2.11. The first-order valence-corrected chi connectivity index (χ1v) is 5.21. The van der Waals surface area contributed by atoms with E-state index in [-0.39, 0.29) is 0 Å². The molecule has 0 spiro atoms. The van der Waals surface area contributed by atoms with Crippen LogP contribution in [0.3, 0.4) is 0 Å². The van der Waals surface area contributed by atoms with Gasteiger partial charge in [0, 0.05) is 6.20 Å². The summed E-state index contributed by atoms with van der Waals surface area (Å²) < 4.78 is 0. The first kappa shape index (κ1) is 10.4. The van der Waals surface area contributed by atoms with Crippen molar-refractivity contribution in [2.45, 2.75) is 0 Å². The van der Waals surface area contributed by atoms with Gasteiger partial charge < -0.3 is 0 Å². The molecule has 1 aromatic carbocycles. The Hall–Kier alpha value is -2.15. The Bertz CT molecular complexity index is 498. The lowest BCUT2D eigenvalue weighted by molar-refractivity contribution is 1.28. The molecule has 0 atom stereocenters. The predicted molar refractivity (Wildman–Crippen MR) is 69.7 cm³/mol. The highest BCUT2D eigenvalue weighted by atomic mass is 14.7. The monoisotopic (exact) mass is 207 g/mol. The minimum Gasteiger partial charge on any atom is -0.256 e. The summed E-state index contributed by atoms with van der Waals surface area (Å²) in [5, 5.41) is 0. The summed E-state index contributed by atoms with van der Waals surface area (Å²) in [6.07, 6.45) is 7.66.